The van der Waals surface area contributed by atoms with Gasteiger partial charge in [-0.1, -0.05) is 39.0 Å². The van der Waals surface area contributed by atoms with Gasteiger partial charge in [-0.15, -0.1) is 0 Å². The van der Waals surface area contributed by atoms with Crippen LogP contribution in [0.15, 0.2) is 54.9 Å². The average Bonchev–Trinajstić information content (AvgIpc) is 2.46. The molecule has 0 aliphatic rings. The van der Waals surface area contributed by atoms with E-state index >= 15 is 0 Å². The Balaban J connectivity index is 2.12. The van der Waals surface area contributed by atoms with Gasteiger partial charge in [-0.3, -0.25) is 9.78 Å². The summed E-state index contributed by atoms with van der Waals surface area (Å²) in [5.41, 5.74) is 3.88. The Bertz CT molecular complexity index is 665. The van der Waals surface area contributed by atoms with Gasteiger partial charge in [0, 0.05) is 23.6 Å². The lowest BCUT2D eigenvalue weighted by atomic mass is 9.91. The number of anilines is 1. The van der Waals surface area contributed by atoms with E-state index in [1.807, 2.05) is 24.3 Å². The summed E-state index contributed by atoms with van der Waals surface area (Å²) in [6.07, 6.45) is 5.54. The third-order valence-electron chi connectivity index (χ3n) is 3.19. The normalized spacial score (nSPS) is 12.1. The molecule has 22 heavy (non-hydrogen) atoms. The Morgan fingerprint density at radius 1 is 1.00 bits per heavy atom. The number of nitrogens with zero attached hydrogens (tertiary/aromatic N) is 1. The summed E-state index contributed by atoms with van der Waals surface area (Å²) in [6, 6.07) is 11.2. The maximum atomic E-state index is 12.2. The SMILES string of the molecule is C/C(=C\C(C)(C)C)c1ccc(C(=O)Nc2ccncc2)cc1. The van der Waals surface area contributed by atoms with Crippen molar-refractivity contribution in [3.8, 4) is 0 Å². The number of hydrogen-bond acceptors (Lipinski definition) is 2. The van der Waals surface area contributed by atoms with Crippen LogP contribution in [0.4, 0.5) is 5.69 Å². The number of aromatic nitrogens is 1. The number of rotatable bonds is 3. The van der Waals surface area contributed by atoms with E-state index in [0.717, 1.165) is 11.3 Å². The van der Waals surface area contributed by atoms with Crippen LogP contribution >= 0.6 is 0 Å². The lowest BCUT2D eigenvalue weighted by molar-refractivity contribution is 0.102. The fraction of sp³-hybridized carbons (Fsp3) is 0.263. The predicted octanol–water partition coefficient (Wildman–Crippen LogP) is 4.78. The molecule has 0 aliphatic heterocycles. The third kappa shape index (κ3) is 4.55. The second kappa shape index (κ2) is 6.56. The first kappa shape index (κ1) is 16.0. The molecule has 1 amide bonds. The van der Waals surface area contributed by atoms with Crippen molar-refractivity contribution < 1.29 is 4.79 Å². The summed E-state index contributed by atoms with van der Waals surface area (Å²) < 4.78 is 0. The molecule has 3 nitrogen and oxygen atoms in total. The molecule has 0 saturated heterocycles. The van der Waals surface area contributed by atoms with E-state index in [-0.39, 0.29) is 11.3 Å². The molecule has 0 atom stereocenters. The number of carbonyl (C=O) groups excluding carboxylic acids is 1. The third-order valence-corrected chi connectivity index (χ3v) is 3.19. The van der Waals surface area contributed by atoms with E-state index in [9.17, 15) is 4.79 Å². The van der Waals surface area contributed by atoms with Crippen LogP contribution < -0.4 is 5.32 Å². The van der Waals surface area contributed by atoms with Gasteiger partial charge in [-0.2, -0.15) is 0 Å². The molecular formula is C19H22N2O. The Kier molecular flexibility index (Phi) is 4.76. The molecule has 0 unspecified atom stereocenters. The topological polar surface area (TPSA) is 42.0 Å². The van der Waals surface area contributed by atoms with Gasteiger partial charge in [-0.25, -0.2) is 0 Å². The molecule has 2 aromatic rings. The molecule has 0 radical (unpaired) electrons. The lowest BCUT2D eigenvalue weighted by Crippen LogP contribution is -2.11. The van der Waals surface area contributed by atoms with Crippen molar-refractivity contribution in [2.75, 3.05) is 5.32 Å². The molecule has 0 saturated carbocycles. The zero-order valence-corrected chi connectivity index (χ0v) is 13.6. The summed E-state index contributed by atoms with van der Waals surface area (Å²) in [7, 11) is 0. The van der Waals surface area contributed by atoms with Gasteiger partial charge in [-0.05, 0) is 47.7 Å². The summed E-state index contributed by atoms with van der Waals surface area (Å²) in [4.78, 5) is 16.1. The van der Waals surface area contributed by atoms with Crippen LogP contribution in [0.3, 0.4) is 0 Å². The number of allylic oxidation sites excluding steroid dienone is 2. The highest BCUT2D eigenvalue weighted by Crippen LogP contribution is 2.23. The molecular weight excluding hydrogens is 272 g/mol. The maximum Gasteiger partial charge on any atom is 0.255 e. The quantitative estimate of drug-likeness (QED) is 0.884. The molecule has 1 heterocycles. The number of pyridine rings is 1. The highest BCUT2D eigenvalue weighted by atomic mass is 16.1. The number of benzene rings is 1. The largest absolute Gasteiger partial charge is 0.322 e. The van der Waals surface area contributed by atoms with Gasteiger partial charge in [0.2, 0.25) is 0 Å². The lowest BCUT2D eigenvalue weighted by Gasteiger charge is -2.14. The molecule has 0 spiro atoms. The zero-order chi connectivity index (χ0) is 16.2. The summed E-state index contributed by atoms with van der Waals surface area (Å²) in [5, 5.41) is 2.85. The number of amides is 1. The molecule has 0 bridgehead atoms. The van der Waals surface area contributed by atoms with Crippen LogP contribution in [-0.2, 0) is 0 Å². The molecule has 1 N–H and O–H groups in total. The van der Waals surface area contributed by atoms with Gasteiger partial charge >= 0.3 is 0 Å². The van der Waals surface area contributed by atoms with Crippen molar-refractivity contribution in [1.29, 1.82) is 0 Å². The minimum atomic E-state index is -0.116. The monoisotopic (exact) mass is 294 g/mol. The Labute approximate surface area is 132 Å². The van der Waals surface area contributed by atoms with E-state index in [1.54, 1.807) is 24.5 Å². The van der Waals surface area contributed by atoms with E-state index in [2.05, 4.69) is 44.1 Å². The first-order chi connectivity index (χ1) is 10.3. The fourth-order valence-corrected chi connectivity index (χ4v) is 2.26. The Morgan fingerprint density at radius 3 is 2.09 bits per heavy atom. The number of nitrogens with one attached hydrogen (secondary N) is 1. The minimum Gasteiger partial charge on any atom is -0.322 e. The van der Waals surface area contributed by atoms with E-state index in [4.69, 9.17) is 0 Å². The molecule has 2 rings (SSSR count). The summed E-state index contributed by atoms with van der Waals surface area (Å²) in [5.74, 6) is -0.116. The number of hydrogen-bond donors (Lipinski definition) is 1. The highest BCUT2D eigenvalue weighted by molar-refractivity contribution is 6.04. The number of carbonyl (C=O) groups is 1. The van der Waals surface area contributed by atoms with Crippen LogP contribution in [0.1, 0.15) is 43.6 Å². The van der Waals surface area contributed by atoms with Gasteiger partial charge in [0.1, 0.15) is 0 Å². The first-order valence-electron chi connectivity index (χ1n) is 7.36. The first-order valence-corrected chi connectivity index (χ1v) is 7.36. The van der Waals surface area contributed by atoms with E-state index < -0.39 is 0 Å². The van der Waals surface area contributed by atoms with Crippen molar-refractivity contribution in [3.05, 3.63) is 66.0 Å². The average molecular weight is 294 g/mol. The standard InChI is InChI=1S/C19H22N2O/c1-14(13-19(2,3)4)15-5-7-16(8-6-15)18(22)21-17-9-11-20-12-10-17/h5-13H,1-4H3,(H,20,21,22)/b14-13+. The van der Waals surface area contributed by atoms with Gasteiger partial charge in [0.15, 0.2) is 0 Å². The summed E-state index contributed by atoms with van der Waals surface area (Å²) >= 11 is 0. The van der Waals surface area contributed by atoms with Crippen molar-refractivity contribution >= 4 is 17.2 Å². The van der Waals surface area contributed by atoms with E-state index in [0.29, 0.717) is 5.56 Å². The molecule has 1 aromatic carbocycles. The Morgan fingerprint density at radius 2 is 1.55 bits per heavy atom. The van der Waals surface area contributed by atoms with Gasteiger partial charge in [0.05, 0.1) is 0 Å². The second-order valence-electron chi connectivity index (χ2n) is 6.46. The van der Waals surface area contributed by atoms with Crippen molar-refractivity contribution in [1.82, 2.24) is 4.98 Å². The van der Waals surface area contributed by atoms with Crippen LogP contribution in [0, 0.1) is 5.41 Å². The van der Waals surface area contributed by atoms with E-state index in [1.165, 1.54) is 5.57 Å². The van der Waals surface area contributed by atoms with Crippen LogP contribution in [0.5, 0.6) is 0 Å². The van der Waals surface area contributed by atoms with Crippen LogP contribution in [0.25, 0.3) is 5.57 Å². The van der Waals surface area contributed by atoms with Crippen molar-refractivity contribution in [2.45, 2.75) is 27.7 Å². The van der Waals surface area contributed by atoms with Gasteiger partial charge < -0.3 is 5.32 Å². The van der Waals surface area contributed by atoms with Crippen LogP contribution in [0.2, 0.25) is 0 Å². The second-order valence-corrected chi connectivity index (χ2v) is 6.46. The molecule has 0 aliphatic carbocycles. The summed E-state index contributed by atoms with van der Waals surface area (Å²) in [6.45, 7) is 8.62. The zero-order valence-electron chi connectivity index (χ0n) is 13.6. The highest BCUT2D eigenvalue weighted by Gasteiger charge is 2.09. The molecule has 3 heteroatoms. The van der Waals surface area contributed by atoms with Crippen molar-refractivity contribution in [2.24, 2.45) is 5.41 Å². The van der Waals surface area contributed by atoms with Gasteiger partial charge in [0.25, 0.3) is 5.91 Å². The maximum absolute atomic E-state index is 12.2. The van der Waals surface area contributed by atoms with Crippen molar-refractivity contribution in [3.63, 3.8) is 0 Å². The fourth-order valence-electron chi connectivity index (χ4n) is 2.26. The molecule has 114 valence electrons. The molecule has 1 aromatic heterocycles. The van der Waals surface area contributed by atoms with Crippen LogP contribution in [-0.4, -0.2) is 10.9 Å². The minimum absolute atomic E-state index is 0.116. The molecule has 0 fully saturated rings. The predicted molar refractivity (Wildman–Crippen MR) is 91.7 cm³/mol. The Hall–Kier alpha value is -2.42. The smallest absolute Gasteiger partial charge is 0.255 e.